The molecule has 0 radical (unpaired) electrons. The fraction of sp³-hybridized carbons (Fsp3) is 0.489. The third-order valence-electron chi connectivity index (χ3n) is 10.2. The van der Waals surface area contributed by atoms with Crippen molar-refractivity contribution in [1.82, 2.24) is 10.6 Å². The Morgan fingerprint density at radius 1 is 0.654 bits per heavy atom. The summed E-state index contributed by atoms with van der Waals surface area (Å²) < 4.78 is 0. The maximum Gasteiger partial charge on any atom is 0.224 e. The van der Waals surface area contributed by atoms with Crippen LogP contribution in [0.1, 0.15) is 96.3 Å². The third kappa shape index (κ3) is 13.2. The van der Waals surface area contributed by atoms with E-state index < -0.39 is 23.9 Å². The average molecular weight is 723 g/mol. The number of Topliss-reactive ketones (excluding diaryl/α,β-unsaturated/α-hetero) is 2. The number of ketones is 2. The second kappa shape index (κ2) is 19.8. The van der Waals surface area contributed by atoms with Crippen LogP contribution in [0.15, 0.2) is 91.0 Å². The van der Waals surface area contributed by atoms with Crippen LogP contribution in [0, 0.1) is 29.1 Å². The van der Waals surface area contributed by atoms with Crippen molar-refractivity contribution in [3.63, 3.8) is 0 Å². The Kier molecular flexibility index (Phi) is 15.5. The highest BCUT2D eigenvalue weighted by atomic mass is 32.1. The zero-order valence-electron chi connectivity index (χ0n) is 31.7. The van der Waals surface area contributed by atoms with E-state index >= 15 is 0 Å². The van der Waals surface area contributed by atoms with Gasteiger partial charge in [-0.15, -0.1) is 0 Å². The number of hydrogen-bond donors (Lipinski definition) is 2. The molecule has 3 aromatic carbocycles. The lowest BCUT2D eigenvalue weighted by molar-refractivity contribution is -0.135. The topological polar surface area (TPSA) is 92.3 Å². The summed E-state index contributed by atoms with van der Waals surface area (Å²) in [5.74, 6) is -1.32. The van der Waals surface area contributed by atoms with Crippen LogP contribution in [-0.2, 0) is 38.4 Å². The zero-order chi connectivity index (χ0) is 37.7. The number of carbonyl (C=O) groups excluding carboxylic acids is 4. The predicted molar refractivity (Wildman–Crippen MR) is 214 cm³/mol. The Hall–Kier alpha value is -3.97. The van der Waals surface area contributed by atoms with Gasteiger partial charge in [-0.2, -0.15) is 0 Å². The molecule has 0 heterocycles. The van der Waals surface area contributed by atoms with Gasteiger partial charge in [-0.25, -0.2) is 0 Å². The number of benzene rings is 3. The largest absolute Gasteiger partial charge is 0.346 e. The monoisotopic (exact) mass is 722 g/mol. The van der Waals surface area contributed by atoms with Gasteiger partial charge >= 0.3 is 0 Å². The molecule has 278 valence electrons. The van der Waals surface area contributed by atoms with Crippen LogP contribution in [0.2, 0.25) is 0 Å². The van der Waals surface area contributed by atoms with Gasteiger partial charge in [0.15, 0.2) is 11.6 Å². The Bertz CT molecular complexity index is 1620. The van der Waals surface area contributed by atoms with E-state index in [0.717, 1.165) is 34.4 Å². The summed E-state index contributed by atoms with van der Waals surface area (Å²) in [6.45, 7) is 10.1. The van der Waals surface area contributed by atoms with E-state index in [2.05, 4.69) is 22.8 Å². The molecule has 0 saturated heterocycles. The van der Waals surface area contributed by atoms with Crippen molar-refractivity contribution in [3.8, 4) is 0 Å². The summed E-state index contributed by atoms with van der Waals surface area (Å²) in [6, 6.07) is 28.4. The smallest absolute Gasteiger partial charge is 0.224 e. The average Bonchev–Trinajstić information content (AvgIpc) is 3.87. The number of rotatable bonds is 22. The van der Waals surface area contributed by atoms with E-state index in [1.165, 1.54) is 0 Å². The van der Waals surface area contributed by atoms with Crippen molar-refractivity contribution in [2.75, 3.05) is 0 Å². The van der Waals surface area contributed by atoms with Crippen LogP contribution in [0.5, 0.6) is 0 Å². The van der Waals surface area contributed by atoms with E-state index in [1.807, 2.05) is 113 Å². The number of amides is 2. The molecule has 4 rings (SSSR count). The lowest BCUT2D eigenvalue weighted by atomic mass is 9.87. The molecule has 1 aliphatic rings. The van der Waals surface area contributed by atoms with Crippen molar-refractivity contribution in [2.24, 2.45) is 29.1 Å². The zero-order valence-corrected chi connectivity index (χ0v) is 32.6. The second-order valence-electron chi connectivity index (χ2n) is 16.0. The van der Waals surface area contributed by atoms with Gasteiger partial charge in [0.2, 0.25) is 11.8 Å². The first-order valence-corrected chi connectivity index (χ1v) is 19.5. The van der Waals surface area contributed by atoms with Crippen molar-refractivity contribution in [2.45, 2.75) is 111 Å². The Labute approximate surface area is 316 Å². The molecule has 0 aliphatic heterocycles. The van der Waals surface area contributed by atoms with Gasteiger partial charge in [0.25, 0.3) is 0 Å². The van der Waals surface area contributed by atoms with Crippen molar-refractivity contribution >= 4 is 40.5 Å². The molecule has 0 spiro atoms. The summed E-state index contributed by atoms with van der Waals surface area (Å²) in [5, 5.41) is 6.23. The van der Waals surface area contributed by atoms with E-state index in [9.17, 15) is 19.2 Å². The fourth-order valence-electron chi connectivity index (χ4n) is 6.90. The van der Waals surface area contributed by atoms with Crippen molar-refractivity contribution in [1.29, 1.82) is 0 Å². The maximum atomic E-state index is 14.3. The van der Waals surface area contributed by atoms with E-state index in [4.69, 9.17) is 12.2 Å². The molecule has 2 N–H and O–H groups in total. The number of thiocarbonyl (C=S) groups is 1. The summed E-state index contributed by atoms with van der Waals surface area (Å²) in [4.78, 5) is 56.8. The highest BCUT2D eigenvalue weighted by molar-refractivity contribution is 7.80. The summed E-state index contributed by atoms with van der Waals surface area (Å²) in [6.07, 6.45) is 5.34. The molecule has 0 aromatic heterocycles. The lowest BCUT2D eigenvalue weighted by Gasteiger charge is -2.27. The minimum atomic E-state index is -0.751. The van der Waals surface area contributed by atoms with Gasteiger partial charge in [0, 0.05) is 30.1 Å². The number of aryl methyl sites for hydroxylation is 1. The van der Waals surface area contributed by atoms with Gasteiger partial charge in [-0.3, -0.25) is 19.2 Å². The third-order valence-corrected chi connectivity index (χ3v) is 10.5. The molecule has 52 heavy (non-hydrogen) atoms. The summed E-state index contributed by atoms with van der Waals surface area (Å²) in [5.41, 5.74) is 2.80. The van der Waals surface area contributed by atoms with Gasteiger partial charge < -0.3 is 10.6 Å². The molecule has 0 bridgehead atoms. The van der Waals surface area contributed by atoms with Crippen LogP contribution in [0.4, 0.5) is 0 Å². The first kappa shape index (κ1) is 40.8. The van der Waals surface area contributed by atoms with Crippen molar-refractivity contribution < 1.29 is 19.2 Å². The Balaban J connectivity index is 1.53. The molecule has 4 atom stereocenters. The molecular formula is C45H58N2O4S. The van der Waals surface area contributed by atoms with Gasteiger partial charge in [-0.1, -0.05) is 138 Å². The molecule has 2 unspecified atom stereocenters. The maximum absolute atomic E-state index is 14.3. The SMILES string of the molecule is CC(C)CC(NC(=O)[C@H](CCc1ccccc1)CC(=S)Cc1ccccc1)C(=O)C[C@@H](Cc1ccccc1)C(=O)NC(CC(C)C)C(=O)C1(C)CC1. The van der Waals surface area contributed by atoms with Gasteiger partial charge in [0.1, 0.15) is 0 Å². The van der Waals surface area contributed by atoms with Gasteiger partial charge in [0.05, 0.1) is 12.1 Å². The minimum absolute atomic E-state index is 0.0423. The molecule has 1 fully saturated rings. The molecular weight excluding hydrogens is 665 g/mol. The predicted octanol–water partition coefficient (Wildman–Crippen LogP) is 8.49. The van der Waals surface area contributed by atoms with Gasteiger partial charge in [-0.05, 0) is 84.8 Å². The normalized spacial score (nSPS) is 15.7. The summed E-state index contributed by atoms with van der Waals surface area (Å²) >= 11 is 5.84. The molecule has 1 aliphatic carbocycles. The first-order chi connectivity index (χ1) is 24.8. The molecule has 7 heteroatoms. The highest BCUT2D eigenvalue weighted by Gasteiger charge is 2.48. The minimum Gasteiger partial charge on any atom is -0.346 e. The highest BCUT2D eigenvalue weighted by Crippen LogP contribution is 2.47. The molecule has 6 nitrogen and oxygen atoms in total. The fourth-order valence-corrected chi connectivity index (χ4v) is 7.27. The van der Waals surface area contributed by atoms with Crippen LogP contribution in [0.25, 0.3) is 0 Å². The van der Waals surface area contributed by atoms with Crippen LogP contribution in [-0.4, -0.2) is 40.3 Å². The number of hydrogen-bond acceptors (Lipinski definition) is 5. The van der Waals surface area contributed by atoms with Crippen LogP contribution >= 0.6 is 12.2 Å². The van der Waals surface area contributed by atoms with Crippen LogP contribution < -0.4 is 10.6 Å². The quantitative estimate of drug-likeness (QED) is 0.102. The van der Waals surface area contributed by atoms with E-state index in [0.29, 0.717) is 44.9 Å². The second-order valence-corrected chi connectivity index (χ2v) is 16.6. The lowest BCUT2D eigenvalue weighted by Crippen LogP contribution is -2.49. The van der Waals surface area contributed by atoms with Crippen molar-refractivity contribution in [3.05, 3.63) is 108 Å². The standard InChI is InChI=1S/C45H58N2O4S/c1-31(2)25-39(46-43(50)36(22-21-33-15-9-6-10-16-33)29-38(52)28-35-19-13-8-14-20-35)41(48)30-37(27-34-17-11-7-12-18-34)44(51)47-40(26-32(3)4)42(49)45(5)23-24-45/h6-20,31-32,36-37,39-40H,21-30H2,1-5H3,(H,46,50)(H,47,51)/t36-,37-,39?,40?/m1/s1. The van der Waals surface area contributed by atoms with E-state index in [1.54, 1.807) is 0 Å². The molecule has 3 aromatic rings. The Morgan fingerprint density at radius 2 is 1.13 bits per heavy atom. The molecule has 1 saturated carbocycles. The molecule has 2 amide bonds. The van der Waals surface area contributed by atoms with E-state index in [-0.39, 0.29) is 47.1 Å². The van der Waals surface area contributed by atoms with Crippen LogP contribution in [0.3, 0.4) is 0 Å². The summed E-state index contributed by atoms with van der Waals surface area (Å²) in [7, 11) is 0. The number of nitrogens with one attached hydrogen (secondary N) is 2. The first-order valence-electron chi connectivity index (χ1n) is 19.1. The number of carbonyl (C=O) groups is 4. The Morgan fingerprint density at radius 3 is 1.67 bits per heavy atom.